The van der Waals surface area contributed by atoms with Crippen LogP contribution in [0.1, 0.15) is 46.0 Å². The van der Waals surface area contributed by atoms with E-state index in [2.05, 4.69) is 19.9 Å². The molecule has 2 atom stereocenters. The lowest BCUT2D eigenvalue weighted by Crippen LogP contribution is -2.11. The highest BCUT2D eigenvalue weighted by Gasteiger charge is 2.13. The van der Waals surface area contributed by atoms with E-state index in [0.29, 0.717) is 6.04 Å². The molecule has 0 aromatic heterocycles. The fourth-order valence-corrected chi connectivity index (χ4v) is 2.03. The molecule has 70 valence electrons. The van der Waals surface area contributed by atoms with Gasteiger partial charge in [0, 0.05) is 6.04 Å². The molecule has 0 bridgehead atoms. The number of hydrogen-bond acceptors (Lipinski definition) is 1. The SMILES string of the molecule is CCCC(C)CC1=CC(N)CC1. The van der Waals surface area contributed by atoms with Crippen molar-refractivity contribution in [1.29, 1.82) is 0 Å². The van der Waals surface area contributed by atoms with Crippen LogP contribution in [0.5, 0.6) is 0 Å². The lowest BCUT2D eigenvalue weighted by molar-refractivity contribution is 0.515. The van der Waals surface area contributed by atoms with Gasteiger partial charge in [0.1, 0.15) is 0 Å². The molecule has 0 spiro atoms. The maximum Gasteiger partial charge on any atom is 0.0229 e. The Morgan fingerprint density at radius 3 is 2.92 bits per heavy atom. The molecule has 12 heavy (non-hydrogen) atoms. The molecule has 1 nitrogen and oxygen atoms in total. The summed E-state index contributed by atoms with van der Waals surface area (Å²) in [4.78, 5) is 0. The molecule has 2 N–H and O–H groups in total. The van der Waals surface area contributed by atoms with Crippen LogP contribution in [0.3, 0.4) is 0 Å². The lowest BCUT2D eigenvalue weighted by Gasteiger charge is -2.09. The average Bonchev–Trinajstić information content (AvgIpc) is 2.36. The Morgan fingerprint density at radius 1 is 1.67 bits per heavy atom. The Labute approximate surface area is 76.0 Å². The summed E-state index contributed by atoms with van der Waals surface area (Å²) in [5.41, 5.74) is 7.40. The van der Waals surface area contributed by atoms with Crippen molar-refractivity contribution in [2.24, 2.45) is 11.7 Å². The van der Waals surface area contributed by atoms with Crippen LogP contribution < -0.4 is 5.73 Å². The van der Waals surface area contributed by atoms with Crippen molar-refractivity contribution >= 4 is 0 Å². The van der Waals surface area contributed by atoms with E-state index in [1.165, 1.54) is 32.1 Å². The molecule has 1 heteroatoms. The summed E-state index contributed by atoms with van der Waals surface area (Å²) in [6.45, 7) is 4.60. The van der Waals surface area contributed by atoms with Crippen molar-refractivity contribution in [1.82, 2.24) is 0 Å². The predicted octanol–water partition coefficient (Wildman–Crippen LogP) is 2.86. The van der Waals surface area contributed by atoms with Crippen LogP contribution in [0, 0.1) is 5.92 Å². The molecule has 0 radical (unpaired) electrons. The summed E-state index contributed by atoms with van der Waals surface area (Å²) in [6.07, 6.45) is 8.63. The van der Waals surface area contributed by atoms with Crippen LogP contribution in [0.2, 0.25) is 0 Å². The van der Waals surface area contributed by atoms with Gasteiger partial charge in [-0.1, -0.05) is 38.3 Å². The summed E-state index contributed by atoms with van der Waals surface area (Å²) < 4.78 is 0. The molecule has 0 heterocycles. The molecule has 2 unspecified atom stereocenters. The van der Waals surface area contributed by atoms with E-state index >= 15 is 0 Å². The maximum atomic E-state index is 5.80. The molecule has 0 saturated carbocycles. The van der Waals surface area contributed by atoms with E-state index in [1.54, 1.807) is 5.57 Å². The van der Waals surface area contributed by atoms with Crippen molar-refractivity contribution in [2.75, 3.05) is 0 Å². The van der Waals surface area contributed by atoms with Gasteiger partial charge in [-0.3, -0.25) is 0 Å². The summed E-state index contributed by atoms with van der Waals surface area (Å²) in [5.74, 6) is 0.853. The third kappa shape index (κ3) is 2.98. The highest BCUT2D eigenvalue weighted by Crippen LogP contribution is 2.25. The zero-order valence-electron chi connectivity index (χ0n) is 8.34. The zero-order chi connectivity index (χ0) is 8.97. The van der Waals surface area contributed by atoms with Gasteiger partial charge in [0.15, 0.2) is 0 Å². The maximum absolute atomic E-state index is 5.80. The molecule has 0 aromatic rings. The molecular formula is C11H21N. The Hall–Kier alpha value is -0.300. The summed E-state index contributed by atoms with van der Waals surface area (Å²) in [6, 6.07) is 0.355. The fraction of sp³-hybridized carbons (Fsp3) is 0.818. The summed E-state index contributed by atoms with van der Waals surface area (Å²) >= 11 is 0. The molecular weight excluding hydrogens is 146 g/mol. The highest BCUT2D eigenvalue weighted by molar-refractivity contribution is 5.13. The first-order valence-electron chi connectivity index (χ1n) is 5.17. The summed E-state index contributed by atoms with van der Waals surface area (Å²) in [7, 11) is 0. The quantitative estimate of drug-likeness (QED) is 0.640. The molecule has 0 fully saturated rings. The van der Waals surface area contributed by atoms with E-state index < -0.39 is 0 Å². The van der Waals surface area contributed by atoms with Crippen molar-refractivity contribution in [2.45, 2.75) is 52.0 Å². The Balaban J connectivity index is 2.26. The molecule has 0 amide bonds. The van der Waals surface area contributed by atoms with Gasteiger partial charge in [0.05, 0.1) is 0 Å². The second-order valence-corrected chi connectivity index (χ2v) is 4.13. The van der Waals surface area contributed by atoms with E-state index in [-0.39, 0.29) is 0 Å². The third-order valence-electron chi connectivity index (χ3n) is 2.64. The first-order chi connectivity index (χ1) is 5.72. The molecule has 0 aromatic carbocycles. The van der Waals surface area contributed by atoms with Crippen LogP contribution >= 0.6 is 0 Å². The van der Waals surface area contributed by atoms with E-state index in [1.807, 2.05) is 0 Å². The zero-order valence-corrected chi connectivity index (χ0v) is 8.34. The van der Waals surface area contributed by atoms with Gasteiger partial charge in [-0.2, -0.15) is 0 Å². The topological polar surface area (TPSA) is 26.0 Å². The fourth-order valence-electron chi connectivity index (χ4n) is 2.03. The minimum absolute atomic E-state index is 0.355. The van der Waals surface area contributed by atoms with Gasteiger partial charge >= 0.3 is 0 Å². The van der Waals surface area contributed by atoms with Crippen molar-refractivity contribution < 1.29 is 0 Å². The van der Waals surface area contributed by atoms with Crippen LogP contribution in [0.4, 0.5) is 0 Å². The van der Waals surface area contributed by atoms with Crippen molar-refractivity contribution in [3.63, 3.8) is 0 Å². The van der Waals surface area contributed by atoms with Gasteiger partial charge in [-0.15, -0.1) is 0 Å². The van der Waals surface area contributed by atoms with Gasteiger partial charge in [-0.05, 0) is 25.2 Å². The van der Waals surface area contributed by atoms with Crippen LogP contribution in [-0.4, -0.2) is 6.04 Å². The molecule has 0 saturated heterocycles. The Bertz CT molecular complexity index is 160. The number of allylic oxidation sites excluding steroid dienone is 1. The highest BCUT2D eigenvalue weighted by atomic mass is 14.6. The smallest absolute Gasteiger partial charge is 0.0229 e. The van der Waals surface area contributed by atoms with Crippen molar-refractivity contribution in [3.8, 4) is 0 Å². The Kier molecular flexibility index (Phi) is 3.80. The van der Waals surface area contributed by atoms with Crippen LogP contribution in [-0.2, 0) is 0 Å². The minimum Gasteiger partial charge on any atom is -0.324 e. The normalized spacial score (nSPS) is 25.6. The first kappa shape index (κ1) is 9.79. The largest absolute Gasteiger partial charge is 0.324 e. The molecule has 1 rings (SSSR count). The van der Waals surface area contributed by atoms with Gasteiger partial charge in [0.2, 0.25) is 0 Å². The molecule has 1 aliphatic rings. The predicted molar refractivity (Wildman–Crippen MR) is 54.0 cm³/mol. The third-order valence-corrected chi connectivity index (χ3v) is 2.64. The van der Waals surface area contributed by atoms with Gasteiger partial charge < -0.3 is 5.73 Å². The van der Waals surface area contributed by atoms with Gasteiger partial charge in [-0.25, -0.2) is 0 Å². The second-order valence-electron chi connectivity index (χ2n) is 4.13. The number of rotatable bonds is 4. The van der Waals surface area contributed by atoms with Crippen LogP contribution in [0.15, 0.2) is 11.6 Å². The lowest BCUT2D eigenvalue weighted by atomic mass is 9.97. The number of nitrogens with two attached hydrogens (primary N) is 1. The average molecular weight is 167 g/mol. The standard InChI is InChI=1S/C11H21N/c1-3-4-9(2)7-10-5-6-11(12)8-10/h8-9,11H,3-7,12H2,1-2H3. The number of hydrogen-bond donors (Lipinski definition) is 1. The van der Waals surface area contributed by atoms with Gasteiger partial charge in [0.25, 0.3) is 0 Å². The van der Waals surface area contributed by atoms with E-state index in [0.717, 1.165) is 5.92 Å². The monoisotopic (exact) mass is 167 g/mol. The molecule has 1 aliphatic carbocycles. The summed E-state index contributed by atoms with van der Waals surface area (Å²) in [5, 5.41) is 0. The van der Waals surface area contributed by atoms with E-state index in [4.69, 9.17) is 5.73 Å². The minimum atomic E-state index is 0.355. The van der Waals surface area contributed by atoms with E-state index in [9.17, 15) is 0 Å². The second kappa shape index (κ2) is 4.66. The van der Waals surface area contributed by atoms with Crippen molar-refractivity contribution in [3.05, 3.63) is 11.6 Å². The first-order valence-corrected chi connectivity index (χ1v) is 5.17. The molecule has 0 aliphatic heterocycles. The van der Waals surface area contributed by atoms with Crippen LogP contribution in [0.25, 0.3) is 0 Å². The Morgan fingerprint density at radius 2 is 2.42 bits per heavy atom.